The van der Waals surface area contributed by atoms with Crippen molar-refractivity contribution in [3.8, 4) is 17.1 Å². The van der Waals surface area contributed by atoms with Crippen LogP contribution in [-0.4, -0.2) is 45.2 Å². The molecule has 0 spiro atoms. The maximum atomic E-state index is 5.28. The van der Waals surface area contributed by atoms with Gasteiger partial charge in [-0.1, -0.05) is 11.2 Å². The summed E-state index contributed by atoms with van der Waals surface area (Å²) in [5, 5.41) is 4.04. The van der Waals surface area contributed by atoms with Crippen LogP contribution in [0.15, 0.2) is 35.2 Å². The molecule has 1 atom stereocenters. The molecule has 0 unspecified atom stereocenters. The molecule has 3 aromatic heterocycles. The molecule has 1 saturated heterocycles. The van der Waals surface area contributed by atoms with Gasteiger partial charge in [0.05, 0.1) is 12.8 Å². The molecule has 0 amide bonds. The summed E-state index contributed by atoms with van der Waals surface area (Å²) in [5.41, 5.74) is 5.25. The SMILES string of the molecule is COc1ncc(CN2CCC[C@@H](c3ccc(-c4c(C)noc4C)cn3)C2)cn1. The van der Waals surface area contributed by atoms with E-state index in [0.717, 1.165) is 66.3 Å². The van der Waals surface area contributed by atoms with Crippen molar-refractivity contribution in [2.24, 2.45) is 0 Å². The lowest BCUT2D eigenvalue weighted by Crippen LogP contribution is -2.34. The molecule has 146 valence electrons. The van der Waals surface area contributed by atoms with E-state index >= 15 is 0 Å². The van der Waals surface area contributed by atoms with E-state index in [1.807, 2.05) is 32.4 Å². The number of pyridine rings is 1. The molecule has 0 radical (unpaired) electrons. The van der Waals surface area contributed by atoms with E-state index in [1.54, 1.807) is 7.11 Å². The van der Waals surface area contributed by atoms with Crippen LogP contribution < -0.4 is 4.74 Å². The molecule has 1 fully saturated rings. The van der Waals surface area contributed by atoms with Gasteiger partial charge in [-0.25, -0.2) is 9.97 Å². The van der Waals surface area contributed by atoms with Gasteiger partial charge in [0.15, 0.2) is 0 Å². The molecular weight excluding hydrogens is 354 g/mol. The smallest absolute Gasteiger partial charge is 0.316 e. The predicted octanol–water partition coefficient (Wildman–Crippen LogP) is 3.53. The molecule has 0 aromatic carbocycles. The third-order valence-corrected chi connectivity index (χ3v) is 5.30. The van der Waals surface area contributed by atoms with Gasteiger partial charge in [-0.05, 0) is 39.3 Å². The van der Waals surface area contributed by atoms with Crippen LogP contribution >= 0.6 is 0 Å². The van der Waals surface area contributed by atoms with Crippen LogP contribution in [0, 0.1) is 13.8 Å². The molecule has 7 nitrogen and oxygen atoms in total. The summed E-state index contributed by atoms with van der Waals surface area (Å²) in [6, 6.07) is 4.68. The van der Waals surface area contributed by atoms with Crippen molar-refractivity contribution in [1.82, 2.24) is 25.0 Å². The van der Waals surface area contributed by atoms with Crippen molar-refractivity contribution in [3.63, 3.8) is 0 Å². The second kappa shape index (κ2) is 8.06. The fourth-order valence-corrected chi connectivity index (χ4v) is 3.92. The van der Waals surface area contributed by atoms with E-state index in [4.69, 9.17) is 14.2 Å². The van der Waals surface area contributed by atoms with Gasteiger partial charge in [-0.3, -0.25) is 9.88 Å². The zero-order valence-corrected chi connectivity index (χ0v) is 16.6. The summed E-state index contributed by atoms with van der Waals surface area (Å²) in [4.78, 5) is 15.6. The van der Waals surface area contributed by atoms with Gasteiger partial charge in [0, 0.05) is 60.0 Å². The molecule has 4 heterocycles. The Morgan fingerprint density at radius 1 is 1.14 bits per heavy atom. The Balaban J connectivity index is 1.44. The Morgan fingerprint density at radius 2 is 1.96 bits per heavy atom. The monoisotopic (exact) mass is 379 g/mol. The Labute approximate surface area is 164 Å². The highest BCUT2D eigenvalue weighted by molar-refractivity contribution is 5.66. The average Bonchev–Trinajstić information content (AvgIpc) is 3.07. The number of ether oxygens (including phenoxy) is 1. The first-order valence-electron chi connectivity index (χ1n) is 9.60. The van der Waals surface area contributed by atoms with Gasteiger partial charge in [0.25, 0.3) is 0 Å². The molecule has 4 rings (SSSR count). The number of likely N-dealkylation sites (tertiary alicyclic amines) is 1. The third kappa shape index (κ3) is 3.89. The van der Waals surface area contributed by atoms with E-state index in [2.05, 4.69) is 32.2 Å². The topological polar surface area (TPSA) is 77.2 Å². The Morgan fingerprint density at radius 3 is 2.61 bits per heavy atom. The number of piperidine rings is 1. The summed E-state index contributed by atoms with van der Waals surface area (Å²) in [6.45, 7) is 6.81. The van der Waals surface area contributed by atoms with E-state index in [-0.39, 0.29) is 0 Å². The first-order valence-corrected chi connectivity index (χ1v) is 9.60. The average molecular weight is 379 g/mol. The molecule has 0 aliphatic carbocycles. The maximum Gasteiger partial charge on any atom is 0.316 e. The summed E-state index contributed by atoms with van der Waals surface area (Å²) < 4.78 is 10.3. The normalized spacial score (nSPS) is 17.6. The molecule has 1 aliphatic heterocycles. The van der Waals surface area contributed by atoms with Gasteiger partial charge in [-0.15, -0.1) is 0 Å². The molecule has 0 N–H and O–H groups in total. The summed E-state index contributed by atoms with van der Waals surface area (Å²) >= 11 is 0. The lowest BCUT2D eigenvalue weighted by Gasteiger charge is -2.32. The number of nitrogens with zero attached hydrogens (tertiary/aromatic N) is 5. The number of aryl methyl sites for hydroxylation is 2. The first kappa shape index (κ1) is 18.6. The second-order valence-electron chi connectivity index (χ2n) is 7.32. The molecule has 7 heteroatoms. The molecule has 0 bridgehead atoms. The fraction of sp³-hybridized carbons (Fsp3) is 0.429. The zero-order valence-electron chi connectivity index (χ0n) is 16.6. The standard InChI is InChI=1S/C21H25N5O2/c1-14-20(15(2)28-25-14)17-6-7-19(22-11-17)18-5-4-8-26(13-18)12-16-9-23-21(27-3)24-10-16/h6-7,9-11,18H,4-5,8,12-13H2,1-3H3/t18-/m1/s1. The van der Waals surface area contributed by atoms with Gasteiger partial charge >= 0.3 is 6.01 Å². The Hall–Kier alpha value is -2.80. The Kier molecular flexibility index (Phi) is 5.34. The van der Waals surface area contributed by atoms with Crippen LogP contribution in [0.3, 0.4) is 0 Å². The quantitative estimate of drug-likeness (QED) is 0.671. The van der Waals surface area contributed by atoms with Crippen LogP contribution in [0.25, 0.3) is 11.1 Å². The van der Waals surface area contributed by atoms with Crippen molar-refractivity contribution in [2.45, 2.75) is 39.2 Å². The fourth-order valence-electron chi connectivity index (χ4n) is 3.92. The second-order valence-corrected chi connectivity index (χ2v) is 7.32. The molecule has 3 aromatic rings. The summed E-state index contributed by atoms with van der Waals surface area (Å²) in [6.07, 6.45) is 7.94. The summed E-state index contributed by atoms with van der Waals surface area (Å²) in [5.74, 6) is 1.27. The minimum atomic E-state index is 0.405. The van der Waals surface area contributed by atoms with Crippen molar-refractivity contribution < 1.29 is 9.26 Å². The highest BCUT2D eigenvalue weighted by Gasteiger charge is 2.23. The molecular formula is C21H25N5O2. The van der Waals surface area contributed by atoms with Gasteiger partial charge in [-0.2, -0.15) is 0 Å². The van der Waals surface area contributed by atoms with Crippen LogP contribution in [0.1, 0.15) is 41.5 Å². The summed E-state index contributed by atoms with van der Waals surface area (Å²) in [7, 11) is 1.58. The van der Waals surface area contributed by atoms with Crippen LogP contribution in [0.4, 0.5) is 0 Å². The number of methoxy groups -OCH3 is 1. The lowest BCUT2D eigenvalue weighted by molar-refractivity contribution is 0.198. The van der Waals surface area contributed by atoms with E-state index in [9.17, 15) is 0 Å². The minimum absolute atomic E-state index is 0.405. The Bertz CT molecular complexity index is 901. The van der Waals surface area contributed by atoms with Gasteiger partial charge in [0.1, 0.15) is 5.76 Å². The van der Waals surface area contributed by atoms with Gasteiger partial charge in [0.2, 0.25) is 0 Å². The predicted molar refractivity (Wildman–Crippen MR) is 105 cm³/mol. The first-order chi connectivity index (χ1) is 13.6. The van der Waals surface area contributed by atoms with Crippen molar-refractivity contribution in [3.05, 3.63) is 53.4 Å². The number of rotatable bonds is 5. The zero-order chi connectivity index (χ0) is 19.5. The van der Waals surface area contributed by atoms with E-state index in [0.29, 0.717) is 11.9 Å². The highest BCUT2D eigenvalue weighted by atomic mass is 16.5. The lowest BCUT2D eigenvalue weighted by atomic mass is 9.93. The number of hydrogen-bond donors (Lipinski definition) is 0. The van der Waals surface area contributed by atoms with E-state index in [1.165, 1.54) is 0 Å². The van der Waals surface area contributed by atoms with Gasteiger partial charge < -0.3 is 9.26 Å². The molecule has 28 heavy (non-hydrogen) atoms. The van der Waals surface area contributed by atoms with Crippen LogP contribution in [-0.2, 0) is 6.54 Å². The van der Waals surface area contributed by atoms with Crippen molar-refractivity contribution in [2.75, 3.05) is 20.2 Å². The third-order valence-electron chi connectivity index (χ3n) is 5.30. The molecule has 0 saturated carbocycles. The van der Waals surface area contributed by atoms with Crippen molar-refractivity contribution >= 4 is 0 Å². The number of hydrogen-bond acceptors (Lipinski definition) is 7. The number of aromatic nitrogens is 4. The molecule has 1 aliphatic rings. The van der Waals surface area contributed by atoms with Crippen LogP contribution in [0.2, 0.25) is 0 Å². The van der Waals surface area contributed by atoms with Crippen LogP contribution in [0.5, 0.6) is 6.01 Å². The highest BCUT2D eigenvalue weighted by Crippen LogP contribution is 2.30. The maximum absolute atomic E-state index is 5.28. The largest absolute Gasteiger partial charge is 0.467 e. The minimum Gasteiger partial charge on any atom is -0.467 e. The van der Waals surface area contributed by atoms with Crippen molar-refractivity contribution in [1.29, 1.82) is 0 Å². The van der Waals surface area contributed by atoms with E-state index < -0.39 is 0 Å².